The molecule has 0 bridgehead atoms. The van der Waals surface area contributed by atoms with Crippen molar-refractivity contribution >= 4 is 46.0 Å². The van der Waals surface area contributed by atoms with Crippen molar-refractivity contribution in [3.8, 4) is 0 Å². The SMILES string of the molecule is NCC(=O)Nc1c(Cl)ccc2nsnc12. The van der Waals surface area contributed by atoms with Gasteiger partial charge in [-0.2, -0.15) is 8.75 Å². The Hall–Kier alpha value is -1.24. The highest BCUT2D eigenvalue weighted by Crippen LogP contribution is 2.29. The Labute approximate surface area is 94.6 Å². The van der Waals surface area contributed by atoms with Crippen LogP contribution < -0.4 is 11.1 Å². The maximum Gasteiger partial charge on any atom is 0.238 e. The minimum absolute atomic E-state index is 0.0930. The Kier molecular flexibility index (Phi) is 2.81. The first-order chi connectivity index (χ1) is 7.22. The number of aromatic nitrogens is 2. The molecule has 0 saturated heterocycles. The van der Waals surface area contributed by atoms with E-state index in [4.69, 9.17) is 17.3 Å². The van der Waals surface area contributed by atoms with Crippen LogP contribution in [0.25, 0.3) is 11.0 Å². The normalized spacial score (nSPS) is 10.5. The Morgan fingerprint density at radius 2 is 2.33 bits per heavy atom. The number of benzene rings is 1. The molecule has 0 aliphatic rings. The zero-order valence-corrected chi connectivity index (χ0v) is 9.10. The van der Waals surface area contributed by atoms with Crippen molar-refractivity contribution in [2.75, 3.05) is 11.9 Å². The standard InChI is InChI=1S/C8H7ClN4OS/c9-4-1-2-5-8(13-15-12-5)7(4)11-6(14)3-10/h1-2H,3,10H2,(H,11,14). The van der Waals surface area contributed by atoms with Crippen molar-refractivity contribution in [3.63, 3.8) is 0 Å². The average molecular weight is 243 g/mol. The van der Waals surface area contributed by atoms with E-state index >= 15 is 0 Å². The van der Waals surface area contributed by atoms with E-state index < -0.39 is 0 Å². The second kappa shape index (κ2) is 4.09. The third-order valence-corrected chi connectivity index (χ3v) is 2.68. The van der Waals surface area contributed by atoms with E-state index in [9.17, 15) is 4.79 Å². The summed E-state index contributed by atoms with van der Waals surface area (Å²) in [5.41, 5.74) is 6.97. The van der Waals surface area contributed by atoms with Gasteiger partial charge in [0.25, 0.3) is 0 Å². The number of hydrogen-bond donors (Lipinski definition) is 2. The number of hydrogen-bond acceptors (Lipinski definition) is 5. The van der Waals surface area contributed by atoms with Crippen LogP contribution in [0.5, 0.6) is 0 Å². The molecule has 0 unspecified atom stereocenters. The van der Waals surface area contributed by atoms with Crippen molar-refractivity contribution in [1.29, 1.82) is 0 Å². The highest BCUT2D eigenvalue weighted by atomic mass is 35.5. The quantitative estimate of drug-likeness (QED) is 0.830. The largest absolute Gasteiger partial charge is 0.322 e. The van der Waals surface area contributed by atoms with Crippen LogP contribution in [0.15, 0.2) is 12.1 Å². The lowest BCUT2D eigenvalue weighted by atomic mass is 10.2. The Balaban J connectivity index is 2.51. The van der Waals surface area contributed by atoms with E-state index in [2.05, 4.69) is 14.1 Å². The molecule has 5 nitrogen and oxygen atoms in total. The van der Waals surface area contributed by atoms with E-state index in [1.807, 2.05) is 0 Å². The molecule has 0 saturated carbocycles. The Morgan fingerprint density at radius 3 is 3.07 bits per heavy atom. The van der Waals surface area contributed by atoms with Gasteiger partial charge in [0.1, 0.15) is 11.0 Å². The minimum atomic E-state index is -0.308. The molecule has 0 radical (unpaired) electrons. The number of fused-ring (bicyclic) bond motifs is 1. The summed E-state index contributed by atoms with van der Waals surface area (Å²) >= 11 is 7.01. The van der Waals surface area contributed by atoms with Crippen molar-refractivity contribution in [2.45, 2.75) is 0 Å². The zero-order chi connectivity index (χ0) is 10.8. The van der Waals surface area contributed by atoms with Crippen LogP contribution in [0.4, 0.5) is 5.69 Å². The third-order valence-electron chi connectivity index (χ3n) is 1.83. The molecular formula is C8H7ClN4OS. The van der Waals surface area contributed by atoms with Gasteiger partial charge in [-0.15, -0.1) is 0 Å². The summed E-state index contributed by atoms with van der Waals surface area (Å²) in [4.78, 5) is 11.2. The van der Waals surface area contributed by atoms with E-state index in [1.165, 1.54) is 0 Å². The summed E-state index contributed by atoms with van der Waals surface area (Å²) in [6.07, 6.45) is 0. The monoisotopic (exact) mass is 242 g/mol. The molecule has 1 aromatic heterocycles. The molecule has 1 aromatic carbocycles. The fourth-order valence-corrected chi connectivity index (χ4v) is 1.88. The molecule has 0 spiro atoms. The number of nitrogens with two attached hydrogens (primary N) is 1. The number of rotatable bonds is 2. The van der Waals surface area contributed by atoms with E-state index in [1.54, 1.807) is 12.1 Å². The fraction of sp³-hybridized carbons (Fsp3) is 0.125. The first-order valence-electron chi connectivity index (χ1n) is 4.13. The highest BCUT2D eigenvalue weighted by molar-refractivity contribution is 7.00. The number of carbonyl (C=O) groups excluding carboxylic acids is 1. The Bertz CT molecular complexity index is 512. The molecule has 2 rings (SSSR count). The molecule has 15 heavy (non-hydrogen) atoms. The zero-order valence-electron chi connectivity index (χ0n) is 7.53. The number of nitrogens with zero attached hydrogens (tertiary/aromatic N) is 2. The minimum Gasteiger partial charge on any atom is -0.322 e. The van der Waals surface area contributed by atoms with E-state index in [0.717, 1.165) is 11.7 Å². The summed E-state index contributed by atoms with van der Waals surface area (Å²) in [7, 11) is 0. The van der Waals surface area contributed by atoms with Crippen LogP contribution in [0.3, 0.4) is 0 Å². The number of amides is 1. The highest BCUT2D eigenvalue weighted by Gasteiger charge is 2.11. The lowest BCUT2D eigenvalue weighted by molar-refractivity contribution is -0.114. The van der Waals surface area contributed by atoms with Crippen LogP contribution in [0, 0.1) is 0 Å². The van der Waals surface area contributed by atoms with Gasteiger partial charge in [0.15, 0.2) is 0 Å². The molecule has 2 aromatic rings. The molecular weight excluding hydrogens is 236 g/mol. The first-order valence-corrected chi connectivity index (χ1v) is 5.24. The van der Waals surface area contributed by atoms with Crippen LogP contribution in [-0.2, 0) is 4.79 Å². The van der Waals surface area contributed by atoms with Crippen LogP contribution >= 0.6 is 23.3 Å². The topological polar surface area (TPSA) is 80.9 Å². The third kappa shape index (κ3) is 1.92. The van der Waals surface area contributed by atoms with Gasteiger partial charge in [-0.1, -0.05) is 11.6 Å². The van der Waals surface area contributed by atoms with Gasteiger partial charge in [0.2, 0.25) is 5.91 Å². The molecule has 1 amide bonds. The average Bonchev–Trinajstić information content (AvgIpc) is 2.70. The number of anilines is 1. The van der Waals surface area contributed by atoms with Gasteiger partial charge >= 0.3 is 0 Å². The van der Waals surface area contributed by atoms with Crippen LogP contribution in [-0.4, -0.2) is 21.2 Å². The first kappa shape index (κ1) is 10.3. The lowest BCUT2D eigenvalue weighted by Crippen LogP contribution is -2.22. The molecule has 1 heterocycles. The summed E-state index contributed by atoms with van der Waals surface area (Å²) < 4.78 is 8.10. The number of halogens is 1. The van der Waals surface area contributed by atoms with Gasteiger partial charge in [0, 0.05) is 0 Å². The molecule has 0 aliphatic carbocycles. The molecule has 3 N–H and O–H groups in total. The summed E-state index contributed by atoms with van der Waals surface area (Å²) in [6, 6.07) is 3.41. The Morgan fingerprint density at radius 1 is 1.53 bits per heavy atom. The summed E-state index contributed by atoms with van der Waals surface area (Å²) in [6.45, 7) is -0.0930. The second-order valence-electron chi connectivity index (χ2n) is 2.81. The van der Waals surface area contributed by atoms with Crippen molar-refractivity contribution in [2.24, 2.45) is 5.73 Å². The molecule has 0 fully saturated rings. The van der Waals surface area contributed by atoms with Crippen molar-refractivity contribution in [3.05, 3.63) is 17.2 Å². The summed E-state index contributed by atoms with van der Waals surface area (Å²) in [5.74, 6) is -0.308. The van der Waals surface area contributed by atoms with Crippen molar-refractivity contribution < 1.29 is 4.79 Å². The summed E-state index contributed by atoms with van der Waals surface area (Å²) in [5, 5.41) is 3.03. The number of nitrogens with one attached hydrogen (secondary N) is 1. The molecule has 0 aliphatic heterocycles. The van der Waals surface area contributed by atoms with Gasteiger partial charge < -0.3 is 11.1 Å². The van der Waals surface area contributed by atoms with Gasteiger partial charge in [0.05, 0.1) is 29.0 Å². The van der Waals surface area contributed by atoms with Gasteiger partial charge in [-0.25, -0.2) is 0 Å². The predicted molar refractivity (Wildman–Crippen MR) is 60.1 cm³/mol. The van der Waals surface area contributed by atoms with E-state index in [0.29, 0.717) is 21.7 Å². The number of carbonyl (C=O) groups is 1. The van der Waals surface area contributed by atoms with Gasteiger partial charge in [-0.3, -0.25) is 4.79 Å². The fourth-order valence-electron chi connectivity index (χ4n) is 1.14. The predicted octanol–water partition coefficient (Wildman–Crippen LogP) is 1.24. The maximum atomic E-state index is 11.2. The van der Waals surface area contributed by atoms with Crippen LogP contribution in [0.2, 0.25) is 5.02 Å². The van der Waals surface area contributed by atoms with Crippen molar-refractivity contribution in [1.82, 2.24) is 8.75 Å². The van der Waals surface area contributed by atoms with Crippen LogP contribution in [0.1, 0.15) is 0 Å². The molecule has 7 heteroatoms. The maximum absolute atomic E-state index is 11.2. The van der Waals surface area contributed by atoms with Gasteiger partial charge in [-0.05, 0) is 12.1 Å². The molecule has 0 atom stereocenters. The molecule has 78 valence electrons. The van der Waals surface area contributed by atoms with E-state index in [-0.39, 0.29) is 12.5 Å². The second-order valence-corrected chi connectivity index (χ2v) is 3.74. The lowest BCUT2D eigenvalue weighted by Gasteiger charge is -2.05. The smallest absolute Gasteiger partial charge is 0.238 e.